The number of amidine groups is 1. The van der Waals surface area contributed by atoms with Crippen molar-refractivity contribution >= 4 is 5.84 Å². The van der Waals surface area contributed by atoms with Gasteiger partial charge < -0.3 is 5.73 Å². The summed E-state index contributed by atoms with van der Waals surface area (Å²) >= 11 is 0. The van der Waals surface area contributed by atoms with E-state index in [1.54, 1.807) is 6.20 Å². The van der Waals surface area contributed by atoms with Crippen LogP contribution in [0.1, 0.15) is 43.9 Å². The smallest absolute Gasteiger partial charge is 0.142 e. The Morgan fingerprint density at radius 2 is 2.32 bits per heavy atom. The Bertz CT molecular complexity index is 444. The maximum absolute atomic E-state index is 7.59. The topological polar surface area (TPSA) is 66.0 Å². The van der Waals surface area contributed by atoms with Crippen LogP contribution in [0.3, 0.4) is 0 Å². The number of hydrogen-bond donors (Lipinski definition) is 2. The fourth-order valence-electron chi connectivity index (χ4n) is 3.01. The van der Waals surface area contributed by atoms with Gasteiger partial charge in [0, 0.05) is 18.8 Å². The van der Waals surface area contributed by atoms with Crippen molar-refractivity contribution in [3.8, 4) is 0 Å². The molecule has 19 heavy (non-hydrogen) atoms. The molecule has 2 unspecified atom stereocenters. The van der Waals surface area contributed by atoms with Gasteiger partial charge in [-0.2, -0.15) is 0 Å². The van der Waals surface area contributed by atoms with Crippen molar-refractivity contribution in [2.75, 3.05) is 7.05 Å². The normalized spacial score (nSPS) is 23.5. The van der Waals surface area contributed by atoms with E-state index in [-0.39, 0.29) is 5.84 Å². The number of rotatable bonds is 4. The summed E-state index contributed by atoms with van der Waals surface area (Å²) in [6.45, 7) is 3.16. The molecule has 1 heterocycles. The highest BCUT2D eigenvalue weighted by molar-refractivity contribution is 5.94. The van der Waals surface area contributed by atoms with Crippen molar-refractivity contribution in [2.24, 2.45) is 11.7 Å². The molecule has 0 spiro atoms. The van der Waals surface area contributed by atoms with Crippen molar-refractivity contribution in [1.82, 2.24) is 9.88 Å². The van der Waals surface area contributed by atoms with Crippen molar-refractivity contribution in [1.29, 1.82) is 5.41 Å². The van der Waals surface area contributed by atoms with E-state index in [1.165, 1.54) is 25.7 Å². The van der Waals surface area contributed by atoms with E-state index in [4.69, 9.17) is 11.1 Å². The van der Waals surface area contributed by atoms with Crippen LogP contribution in [0.15, 0.2) is 18.3 Å². The molecule has 104 valence electrons. The molecule has 0 amide bonds. The van der Waals surface area contributed by atoms with Gasteiger partial charge in [-0.3, -0.25) is 15.3 Å². The van der Waals surface area contributed by atoms with Crippen molar-refractivity contribution in [3.63, 3.8) is 0 Å². The van der Waals surface area contributed by atoms with Crippen LogP contribution < -0.4 is 5.73 Å². The van der Waals surface area contributed by atoms with Gasteiger partial charge in [-0.05, 0) is 37.4 Å². The zero-order valence-corrected chi connectivity index (χ0v) is 11.9. The van der Waals surface area contributed by atoms with Crippen LogP contribution in [-0.2, 0) is 6.54 Å². The van der Waals surface area contributed by atoms with Gasteiger partial charge in [-0.25, -0.2) is 0 Å². The maximum atomic E-state index is 7.59. The third-order valence-electron chi connectivity index (χ3n) is 4.10. The van der Waals surface area contributed by atoms with Gasteiger partial charge in [-0.15, -0.1) is 0 Å². The minimum atomic E-state index is 0.0565. The van der Waals surface area contributed by atoms with Crippen LogP contribution in [0.2, 0.25) is 0 Å². The van der Waals surface area contributed by atoms with Crippen LogP contribution in [0, 0.1) is 11.3 Å². The van der Waals surface area contributed by atoms with E-state index in [0.717, 1.165) is 18.0 Å². The molecule has 0 bridgehead atoms. The van der Waals surface area contributed by atoms with Gasteiger partial charge in [0.25, 0.3) is 0 Å². The molecule has 0 aliphatic heterocycles. The molecular formula is C15H24N4. The third-order valence-corrected chi connectivity index (χ3v) is 4.10. The lowest BCUT2D eigenvalue weighted by Crippen LogP contribution is -2.35. The molecular weight excluding hydrogens is 236 g/mol. The molecule has 4 heteroatoms. The molecule has 2 rings (SSSR count). The van der Waals surface area contributed by atoms with Gasteiger partial charge >= 0.3 is 0 Å². The highest BCUT2D eigenvalue weighted by atomic mass is 15.1. The van der Waals surface area contributed by atoms with Crippen molar-refractivity contribution < 1.29 is 0 Å². The lowest BCUT2D eigenvalue weighted by molar-refractivity contribution is 0.157. The summed E-state index contributed by atoms with van der Waals surface area (Å²) < 4.78 is 0. The lowest BCUT2D eigenvalue weighted by Gasteiger charge is -2.34. The van der Waals surface area contributed by atoms with Crippen LogP contribution in [-0.4, -0.2) is 28.8 Å². The Morgan fingerprint density at radius 1 is 1.53 bits per heavy atom. The first-order valence-corrected chi connectivity index (χ1v) is 7.06. The Balaban J connectivity index is 2.06. The standard InChI is InChI=1S/C15H24N4/c1-11-5-3-7-13(9-11)19(2)10-12-6-4-8-18-14(12)15(16)17/h4,6,8,11,13H,3,5,7,9-10H2,1-2H3,(H3,16,17). The lowest BCUT2D eigenvalue weighted by atomic mass is 9.86. The molecule has 1 fully saturated rings. The minimum absolute atomic E-state index is 0.0565. The fourth-order valence-corrected chi connectivity index (χ4v) is 3.01. The first kappa shape index (κ1) is 14.0. The predicted octanol–water partition coefficient (Wildman–Crippen LogP) is 2.38. The maximum Gasteiger partial charge on any atom is 0.142 e. The molecule has 4 nitrogen and oxygen atoms in total. The Morgan fingerprint density at radius 3 is 3.00 bits per heavy atom. The highest BCUT2D eigenvalue weighted by Crippen LogP contribution is 2.27. The number of nitrogens with zero attached hydrogens (tertiary/aromatic N) is 2. The summed E-state index contributed by atoms with van der Waals surface area (Å²) in [5.41, 5.74) is 7.27. The Labute approximate surface area is 115 Å². The second kappa shape index (κ2) is 6.15. The quantitative estimate of drug-likeness (QED) is 0.645. The molecule has 3 N–H and O–H groups in total. The van der Waals surface area contributed by atoms with Gasteiger partial charge in [0.15, 0.2) is 0 Å². The largest absolute Gasteiger partial charge is 0.382 e. The molecule has 2 atom stereocenters. The fraction of sp³-hybridized carbons (Fsp3) is 0.600. The van der Waals surface area contributed by atoms with E-state index in [2.05, 4.69) is 23.9 Å². The molecule has 1 saturated carbocycles. The minimum Gasteiger partial charge on any atom is -0.382 e. The molecule has 1 aliphatic rings. The van der Waals surface area contributed by atoms with Gasteiger partial charge in [0.1, 0.15) is 11.5 Å². The molecule has 1 aliphatic carbocycles. The summed E-state index contributed by atoms with van der Waals surface area (Å²) in [4.78, 5) is 6.60. The zero-order chi connectivity index (χ0) is 13.8. The summed E-state index contributed by atoms with van der Waals surface area (Å²) in [5, 5.41) is 7.59. The third kappa shape index (κ3) is 3.53. The predicted molar refractivity (Wildman–Crippen MR) is 78.1 cm³/mol. The molecule has 0 saturated heterocycles. The number of pyridine rings is 1. The van der Waals surface area contributed by atoms with Crippen molar-refractivity contribution in [2.45, 2.75) is 45.2 Å². The van der Waals surface area contributed by atoms with Crippen molar-refractivity contribution in [3.05, 3.63) is 29.6 Å². The van der Waals surface area contributed by atoms with E-state index < -0.39 is 0 Å². The Hall–Kier alpha value is -1.42. The average Bonchev–Trinajstić information content (AvgIpc) is 2.39. The highest BCUT2D eigenvalue weighted by Gasteiger charge is 2.23. The number of nitrogen functional groups attached to an aromatic ring is 1. The molecule has 1 aromatic heterocycles. The first-order valence-electron chi connectivity index (χ1n) is 7.06. The van der Waals surface area contributed by atoms with Crippen LogP contribution in [0.4, 0.5) is 0 Å². The number of nitrogens with two attached hydrogens (primary N) is 1. The summed E-state index contributed by atoms with van der Waals surface area (Å²) in [6, 6.07) is 4.58. The molecule has 0 aromatic carbocycles. The molecule has 0 radical (unpaired) electrons. The summed E-state index contributed by atoms with van der Waals surface area (Å²) in [5.74, 6) is 0.878. The van der Waals surface area contributed by atoms with E-state index >= 15 is 0 Å². The van der Waals surface area contributed by atoms with E-state index in [0.29, 0.717) is 11.7 Å². The van der Waals surface area contributed by atoms with Gasteiger partial charge in [0.2, 0.25) is 0 Å². The number of nitrogens with one attached hydrogen (secondary N) is 1. The summed E-state index contributed by atoms with van der Waals surface area (Å²) in [6.07, 6.45) is 6.92. The second-order valence-corrected chi connectivity index (χ2v) is 5.77. The van der Waals surface area contributed by atoms with Crippen LogP contribution >= 0.6 is 0 Å². The second-order valence-electron chi connectivity index (χ2n) is 5.77. The molecule has 1 aromatic rings. The van der Waals surface area contributed by atoms with E-state index in [9.17, 15) is 0 Å². The first-order chi connectivity index (χ1) is 9.08. The average molecular weight is 260 g/mol. The SMILES string of the molecule is CC1CCCC(N(C)Cc2cccnc2C(=N)N)C1. The Kier molecular flexibility index (Phi) is 4.53. The number of aromatic nitrogens is 1. The monoisotopic (exact) mass is 260 g/mol. The van der Waals surface area contributed by atoms with Crippen LogP contribution in [0.25, 0.3) is 0 Å². The van der Waals surface area contributed by atoms with E-state index in [1.807, 2.05) is 12.1 Å². The van der Waals surface area contributed by atoms with Crippen LogP contribution in [0.5, 0.6) is 0 Å². The number of hydrogen-bond acceptors (Lipinski definition) is 3. The van der Waals surface area contributed by atoms with Gasteiger partial charge in [0.05, 0.1) is 0 Å². The van der Waals surface area contributed by atoms with Gasteiger partial charge in [-0.1, -0.05) is 25.8 Å². The zero-order valence-electron chi connectivity index (χ0n) is 11.9. The summed E-state index contributed by atoms with van der Waals surface area (Å²) in [7, 11) is 2.17.